The molecule has 46 heavy (non-hydrogen) atoms. The van der Waals surface area contributed by atoms with Gasteiger partial charge in [-0.1, -0.05) is 165 Å². The van der Waals surface area contributed by atoms with Gasteiger partial charge in [-0.25, -0.2) is 0 Å². The molecule has 5 heteroatoms. The summed E-state index contributed by atoms with van der Waals surface area (Å²) in [5.74, 6) is -0.637. The lowest BCUT2D eigenvalue weighted by molar-refractivity contribution is -0.161. The average Bonchev–Trinajstić information content (AvgIpc) is 3.06. The minimum Gasteiger partial charge on any atom is -0.462 e. The summed E-state index contributed by atoms with van der Waals surface area (Å²) >= 11 is 0. The molecule has 0 unspecified atom stereocenters. The minimum atomic E-state index is -0.786. The molecule has 0 rings (SSSR count). The number of aliphatic hydroxyl groups is 1. The maximum absolute atomic E-state index is 12.2. The van der Waals surface area contributed by atoms with Crippen LogP contribution in [0, 0.1) is 0 Å². The zero-order chi connectivity index (χ0) is 33.6. The van der Waals surface area contributed by atoms with Gasteiger partial charge < -0.3 is 14.6 Å². The molecule has 0 amide bonds. The van der Waals surface area contributed by atoms with E-state index in [-0.39, 0.29) is 25.2 Å². The summed E-state index contributed by atoms with van der Waals surface area (Å²) in [5.41, 5.74) is 0. The van der Waals surface area contributed by atoms with E-state index in [0.717, 1.165) is 64.2 Å². The largest absolute Gasteiger partial charge is 0.462 e. The molecule has 0 aliphatic rings. The highest BCUT2D eigenvalue weighted by Crippen LogP contribution is 2.15. The van der Waals surface area contributed by atoms with E-state index in [2.05, 4.69) is 62.5 Å². The Bertz CT molecular complexity index is 782. The molecule has 1 N–H and O–H groups in total. The van der Waals surface area contributed by atoms with Crippen LogP contribution in [-0.2, 0) is 19.1 Å². The Hall–Kier alpha value is -2.14. The molecule has 0 aliphatic carbocycles. The van der Waals surface area contributed by atoms with Gasteiger partial charge in [0.2, 0.25) is 0 Å². The van der Waals surface area contributed by atoms with E-state index in [4.69, 9.17) is 9.47 Å². The van der Waals surface area contributed by atoms with Gasteiger partial charge in [0.25, 0.3) is 0 Å². The molecule has 5 nitrogen and oxygen atoms in total. The summed E-state index contributed by atoms with van der Waals surface area (Å²) in [6.45, 7) is 3.99. The van der Waals surface area contributed by atoms with E-state index >= 15 is 0 Å². The first-order valence-electron chi connectivity index (χ1n) is 19.2. The zero-order valence-corrected chi connectivity index (χ0v) is 30.1. The lowest BCUT2D eigenvalue weighted by Gasteiger charge is -2.15. The molecule has 266 valence electrons. The molecule has 0 aromatic heterocycles. The van der Waals surface area contributed by atoms with Crippen LogP contribution in [0.3, 0.4) is 0 Å². The molecular formula is C41H72O5. The summed E-state index contributed by atoms with van der Waals surface area (Å²) in [7, 11) is 0. The molecule has 0 saturated carbocycles. The van der Waals surface area contributed by atoms with Crippen molar-refractivity contribution in [2.24, 2.45) is 0 Å². The summed E-state index contributed by atoms with van der Waals surface area (Å²) in [6.07, 6.45) is 46.0. The van der Waals surface area contributed by atoms with Gasteiger partial charge >= 0.3 is 11.9 Å². The van der Waals surface area contributed by atoms with E-state index in [1.165, 1.54) is 89.9 Å². The van der Waals surface area contributed by atoms with Crippen LogP contribution >= 0.6 is 0 Å². The number of unbranched alkanes of at least 4 members (excludes halogenated alkanes) is 18. The molecule has 0 aliphatic heterocycles. The summed E-state index contributed by atoms with van der Waals surface area (Å²) < 4.78 is 10.6. The van der Waals surface area contributed by atoms with Gasteiger partial charge in [0.1, 0.15) is 6.61 Å². The molecule has 0 aromatic rings. The zero-order valence-electron chi connectivity index (χ0n) is 30.1. The topological polar surface area (TPSA) is 72.8 Å². The van der Waals surface area contributed by atoms with E-state index in [0.29, 0.717) is 12.8 Å². The fourth-order valence-electron chi connectivity index (χ4n) is 5.25. The summed E-state index contributed by atoms with van der Waals surface area (Å²) in [5, 5.41) is 9.54. The minimum absolute atomic E-state index is 0.0863. The number of hydrogen-bond acceptors (Lipinski definition) is 5. The molecule has 0 spiro atoms. The number of rotatable bonds is 34. The number of carbonyl (C=O) groups excluding carboxylic acids is 2. The highest BCUT2D eigenvalue weighted by Gasteiger charge is 2.16. The van der Waals surface area contributed by atoms with Crippen LogP contribution in [-0.4, -0.2) is 36.4 Å². The lowest BCUT2D eigenvalue weighted by atomic mass is 10.0. The maximum atomic E-state index is 12.2. The van der Waals surface area contributed by atoms with Crippen LogP contribution in [0.4, 0.5) is 0 Å². The predicted octanol–water partition coefficient (Wildman–Crippen LogP) is 11.8. The molecule has 0 heterocycles. The Morgan fingerprint density at radius 2 is 0.935 bits per heavy atom. The van der Waals surface area contributed by atoms with Gasteiger partial charge in [-0.05, 0) is 51.4 Å². The predicted molar refractivity (Wildman–Crippen MR) is 196 cm³/mol. The number of hydrogen-bond donors (Lipinski definition) is 1. The Labute approximate surface area is 284 Å². The first-order valence-corrected chi connectivity index (χ1v) is 19.2. The van der Waals surface area contributed by atoms with Crippen molar-refractivity contribution in [3.63, 3.8) is 0 Å². The van der Waals surface area contributed by atoms with Crippen LogP contribution < -0.4 is 0 Å². The van der Waals surface area contributed by atoms with Crippen LogP contribution in [0.15, 0.2) is 48.6 Å². The average molecular weight is 645 g/mol. The number of carbonyl (C=O) groups is 2. The normalized spacial score (nSPS) is 12.7. The van der Waals surface area contributed by atoms with Crippen LogP contribution in [0.1, 0.15) is 181 Å². The Kier molecular flexibility index (Phi) is 35.6. The van der Waals surface area contributed by atoms with Crippen molar-refractivity contribution in [2.45, 2.75) is 187 Å². The van der Waals surface area contributed by atoms with Crippen molar-refractivity contribution in [3.8, 4) is 0 Å². The second-order valence-corrected chi connectivity index (χ2v) is 12.6. The summed E-state index contributed by atoms with van der Waals surface area (Å²) in [6, 6.07) is 0. The third-order valence-electron chi connectivity index (χ3n) is 8.14. The van der Waals surface area contributed by atoms with Gasteiger partial charge in [0.05, 0.1) is 6.61 Å². The number of ether oxygens (including phenoxy) is 2. The Morgan fingerprint density at radius 3 is 1.41 bits per heavy atom. The van der Waals surface area contributed by atoms with Crippen molar-refractivity contribution in [2.75, 3.05) is 13.2 Å². The lowest BCUT2D eigenvalue weighted by Crippen LogP contribution is -2.28. The molecular weight excluding hydrogens is 572 g/mol. The Morgan fingerprint density at radius 1 is 0.522 bits per heavy atom. The van der Waals surface area contributed by atoms with Gasteiger partial charge in [0.15, 0.2) is 6.10 Å². The van der Waals surface area contributed by atoms with Gasteiger partial charge in [-0.2, -0.15) is 0 Å². The van der Waals surface area contributed by atoms with E-state index in [1.54, 1.807) is 0 Å². The van der Waals surface area contributed by atoms with Gasteiger partial charge in [-0.15, -0.1) is 0 Å². The SMILES string of the molecule is CCC=CCC=CCC=CCC=CCCCCC(=O)OC[C@H](CO)OC(=O)CCCCCCCCCCCCCCCCCCC. The highest BCUT2D eigenvalue weighted by atomic mass is 16.6. The second-order valence-electron chi connectivity index (χ2n) is 12.6. The van der Waals surface area contributed by atoms with Gasteiger partial charge in [-0.3, -0.25) is 9.59 Å². The standard InChI is InChI=1S/C41H72O5/c1-3-5-7-9-11-13-15-17-19-20-22-24-26-28-30-32-34-36-41(44)46-39(37-42)38-45-40(43)35-33-31-29-27-25-23-21-18-16-14-12-10-8-6-4-2/h6,8,12,14,18,21,25,27,39,42H,3-5,7,9-11,13,15-17,19-20,22-24,26,28-38H2,1-2H3/t39-/m0/s1. The third-order valence-corrected chi connectivity index (χ3v) is 8.14. The second kappa shape index (κ2) is 37.3. The van der Waals surface area contributed by atoms with Crippen LogP contribution in [0.25, 0.3) is 0 Å². The molecule has 0 bridgehead atoms. The van der Waals surface area contributed by atoms with Crippen molar-refractivity contribution in [1.29, 1.82) is 0 Å². The first kappa shape index (κ1) is 43.9. The first-order chi connectivity index (χ1) is 22.6. The maximum Gasteiger partial charge on any atom is 0.306 e. The number of aliphatic hydroxyl groups excluding tert-OH is 1. The van der Waals surface area contributed by atoms with Crippen molar-refractivity contribution in [1.82, 2.24) is 0 Å². The number of allylic oxidation sites excluding steroid dienone is 8. The van der Waals surface area contributed by atoms with Crippen LogP contribution in [0.2, 0.25) is 0 Å². The monoisotopic (exact) mass is 645 g/mol. The van der Waals surface area contributed by atoms with Gasteiger partial charge in [0, 0.05) is 12.8 Å². The molecule has 0 radical (unpaired) electrons. The van der Waals surface area contributed by atoms with Crippen molar-refractivity contribution >= 4 is 11.9 Å². The fourth-order valence-corrected chi connectivity index (χ4v) is 5.25. The van der Waals surface area contributed by atoms with E-state index < -0.39 is 6.10 Å². The highest BCUT2D eigenvalue weighted by molar-refractivity contribution is 5.70. The smallest absolute Gasteiger partial charge is 0.306 e. The summed E-state index contributed by atoms with van der Waals surface area (Å²) in [4.78, 5) is 24.2. The third kappa shape index (κ3) is 34.7. The fraction of sp³-hybridized carbons (Fsp3) is 0.756. The van der Waals surface area contributed by atoms with Crippen molar-refractivity contribution < 1.29 is 24.2 Å². The van der Waals surface area contributed by atoms with Crippen molar-refractivity contribution in [3.05, 3.63) is 48.6 Å². The molecule has 0 saturated heterocycles. The van der Waals surface area contributed by atoms with E-state index in [1.807, 2.05) is 0 Å². The Balaban J connectivity index is 3.61. The molecule has 0 aromatic carbocycles. The quantitative estimate of drug-likeness (QED) is 0.0429. The number of esters is 2. The van der Waals surface area contributed by atoms with Crippen LogP contribution in [0.5, 0.6) is 0 Å². The molecule has 1 atom stereocenters. The van der Waals surface area contributed by atoms with E-state index in [9.17, 15) is 14.7 Å². The molecule has 0 fully saturated rings.